The molecule has 0 spiro atoms. The van der Waals surface area contributed by atoms with Crippen LogP contribution in [0.3, 0.4) is 0 Å². The van der Waals surface area contributed by atoms with Gasteiger partial charge in [-0.15, -0.1) is 0 Å². The molecule has 2 rings (SSSR count). The lowest BCUT2D eigenvalue weighted by Gasteiger charge is -2.16. The van der Waals surface area contributed by atoms with Crippen LogP contribution in [0.15, 0.2) is 4.90 Å². The fraction of sp³-hybridized carbons (Fsp3) is 0.700. The summed E-state index contributed by atoms with van der Waals surface area (Å²) in [5.74, 6) is 1.25. The number of nitrogens with two attached hydrogens (primary N) is 1. The minimum Gasteiger partial charge on any atom is -0.382 e. The van der Waals surface area contributed by atoms with E-state index >= 15 is 0 Å². The molecule has 1 aliphatic rings. The largest absolute Gasteiger partial charge is 0.382 e. The normalized spacial score (nSPS) is 25.5. The summed E-state index contributed by atoms with van der Waals surface area (Å²) >= 11 is 1.18. The van der Waals surface area contributed by atoms with Crippen LogP contribution in [0.1, 0.15) is 13.8 Å². The summed E-state index contributed by atoms with van der Waals surface area (Å²) in [5.41, 5.74) is 5.66. The summed E-state index contributed by atoms with van der Waals surface area (Å²) in [5, 5.41) is 0.696. The number of anilines is 2. The topological polar surface area (TPSA) is 76.3 Å². The Bertz CT molecular complexity index is 514. The monoisotopic (exact) mass is 275 g/mol. The van der Waals surface area contributed by atoms with Crippen LogP contribution in [-0.4, -0.2) is 32.1 Å². The first kappa shape index (κ1) is 12.6. The van der Waals surface area contributed by atoms with Crippen LogP contribution in [0, 0.1) is 11.8 Å². The summed E-state index contributed by atoms with van der Waals surface area (Å²) in [4.78, 5) is 2.28. The SMILES string of the molecule is CC1CN(c2snc(N)c2S(C)(=O)=O)CC1C. The van der Waals surface area contributed by atoms with E-state index in [9.17, 15) is 8.42 Å². The van der Waals surface area contributed by atoms with Crippen molar-refractivity contribution in [1.29, 1.82) is 0 Å². The van der Waals surface area contributed by atoms with Gasteiger partial charge < -0.3 is 10.6 Å². The first-order valence-corrected chi connectivity index (χ1v) is 8.17. The summed E-state index contributed by atoms with van der Waals surface area (Å²) in [6, 6.07) is 0. The summed E-state index contributed by atoms with van der Waals surface area (Å²) in [6.07, 6.45) is 1.18. The Morgan fingerprint density at radius 1 is 1.35 bits per heavy atom. The molecule has 0 aromatic carbocycles. The lowest BCUT2D eigenvalue weighted by molar-refractivity contribution is 0.494. The van der Waals surface area contributed by atoms with Gasteiger partial charge in [0.25, 0.3) is 0 Å². The average molecular weight is 275 g/mol. The van der Waals surface area contributed by atoms with E-state index in [1.54, 1.807) is 0 Å². The molecule has 2 N–H and O–H groups in total. The molecule has 0 aliphatic carbocycles. The van der Waals surface area contributed by atoms with Crippen LogP contribution in [-0.2, 0) is 9.84 Å². The highest BCUT2D eigenvalue weighted by atomic mass is 32.2. The van der Waals surface area contributed by atoms with Crippen LogP contribution in [0.2, 0.25) is 0 Å². The zero-order chi connectivity index (χ0) is 12.8. The molecule has 5 nitrogen and oxygen atoms in total. The second-order valence-electron chi connectivity index (χ2n) is 4.83. The predicted molar refractivity (Wildman–Crippen MR) is 70.2 cm³/mol. The summed E-state index contributed by atoms with van der Waals surface area (Å²) in [7, 11) is -3.31. The van der Waals surface area contributed by atoms with Gasteiger partial charge in [-0.3, -0.25) is 0 Å². The van der Waals surface area contributed by atoms with E-state index in [4.69, 9.17) is 5.73 Å². The summed E-state index contributed by atoms with van der Waals surface area (Å²) in [6.45, 7) is 6.08. The van der Waals surface area contributed by atoms with Gasteiger partial charge >= 0.3 is 0 Å². The molecule has 1 aromatic heterocycles. The van der Waals surface area contributed by atoms with E-state index < -0.39 is 9.84 Å². The molecule has 1 aliphatic heterocycles. The highest BCUT2D eigenvalue weighted by Gasteiger charge is 2.32. The van der Waals surface area contributed by atoms with Gasteiger partial charge in [-0.05, 0) is 23.4 Å². The van der Waals surface area contributed by atoms with Gasteiger partial charge in [0, 0.05) is 19.3 Å². The minimum atomic E-state index is -3.31. The molecule has 0 bridgehead atoms. The number of rotatable bonds is 2. The van der Waals surface area contributed by atoms with Crippen molar-refractivity contribution in [3.8, 4) is 0 Å². The molecule has 1 aromatic rings. The Balaban J connectivity index is 2.42. The predicted octanol–water partition coefficient (Wildman–Crippen LogP) is 1.22. The van der Waals surface area contributed by atoms with Gasteiger partial charge in [0.2, 0.25) is 0 Å². The first-order valence-electron chi connectivity index (χ1n) is 5.51. The molecule has 0 amide bonds. The van der Waals surface area contributed by atoms with Crippen molar-refractivity contribution in [2.45, 2.75) is 18.7 Å². The van der Waals surface area contributed by atoms with Gasteiger partial charge in [-0.25, -0.2) is 8.42 Å². The third-order valence-electron chi connectivity index (χ3n) is 3.30. The van der Waals surface area contributed by atoms with E-state index in [0.717, 1.165) is 13.1 Å². The van der Waals surface area contributed by atoms with Crippen molar-refractivity contribution in [2.24, 2.45) is 11.8 Å². The standard InChI is InChI=1S/C10H17N3O2S2/c1-6-4-13(5-7(6)2)10-8(17(3,14)15)9(11)12-16-10/h6-7H,4-5H2,1-3H3,(H2,11,12). The number of sulfone groups is 1. The van der Waals surface area contributed by atoms with Gasteiger partial charge in [0.05, 0.1) is 0 Å². The zero-order valence-electron chi connectivity index (χ0n) is 10.2. The van der Waals surface area contributed by atoms with Gasteiger partial charge in [-0.2, -0.15) is 4.37 Å². The maximum atomic E-state index is 11.7. The van der Waals surface area contributed by atoms with Crippen LogP contribution in [0.5, 0.6) is 0 Å². The fourth-order valence-corrected chi connectivity index (χ4v) is 4.35. The van der Waals surface area contributed by atoms with E-state index in [1.807, 2.05) is 0 Å². The lowest BCUT2D eigenvalue weighted by Crippen LogP contribution is -2.20. The van der Waals surface area contributed by atoms with Crippen molar-refractivity contribution < 1.29 is 8.42 Å². The highest BCUT2D eigenvalue weighted by Crippen LogP contribution is 2.38. The molecule has 2 unspecified atom stereocenters. The van der Waals surface area contributed by atoms with Crippen LogP contribution in [0.25, 0.3) is 0 Å². The smallest absolute Gasteiger partial charge is 0.182 e. The maximum Gasteiger partial charge on any atom is 0.182 e. The molecule has 7 heteroatoms. The molecule has 2 atom stereocenters. The van der Waals surface area contributed by atoms with Crippen molar-refractivity contribution in [2.75, 3.05) is 30.0 Å². The van der Waals surface area contributed by atoms with E-state index in [2.05, 4.69) is 23.1 Å². The van der Waals surface area contributed by atoms with Crippen LogP contribution in [0.4, 0.5) is 10.8 Å². The van der Waals surface area contributed by atoms with Crippen LogP contribution < -0.4 is 10.6 Å². The Hall–Kier alpha value is -0.820. The Morgan fingerprint density at radius 2 is 1.88 bits per heavy atom. The van der Waals surface area contributed by atoms with Crippen molar-refractivity contribution in [1.82, 2.24) is 4.37 Å². The number of hydrogen-bond acceptors (Lipinski definition) is 6. The Kier molecular flexibility index (Phi) is 3.07. The summed E-state index contributed by atoms with van der Waals surface area (Å²) < 4.78 is 27.4. The first-order chi connectivity index (χ1) is 7.80. The van der Waals surface area contributed by atoms with Crippen molar-refractivity contribution in [3.63, 3.8) is 0 Å². The average Bonchev–Trinajstić information content (AvgIpc) is 2.70. The van der Waals surface area contributed by atoms with Gasteiger partial charge in [-0.1, -0.05) is 13.8 Å². The third-order valence-corrected chi connectivity index (χ3v) is 5.50. The van der Waals surface area contributed by atoms with Crippen molar-refractivity contribution >= 4 is 32.2 Å². The number of aromatic nitrogens is 1. The quantitative estimate of drug-likeness (QED) is 0.878. The van der Waals surface area contributed by atoms with E-state index in [-0.39, 0.29) is 10.7 Å². The molecule has 0 saturated carbocycles. The zero-order valence-corrected chi connectivity index (χ0v) is 11.8. The Labute approximate surface area is 106 Å². The van der Waals surface area contributed by atoms with E-state index in [1.165, 1.54) is 17.8 Å². The number of hydrogen-bond donors (Lipinski definition) is 1. The number of nitrogen functional groups attached to an aromatic ring is 1. The molecule has 0 radical (unpaired) electrons. The second kappa shape index (κ2) is 4.13. The molecule has 2 heterocycles. The fourth-order valence-electron chi connectivity index (χ4n) is 2.13. The number of nitrogens with zero attached hydrogens (tertiary/aromatic N) is 2. The lowest BCUT2D eigenvalue weighted by atomic mass is 10.0. The maximum absolute atomic E-state index is 11.7. The highest BCUT2D eigenvalue weighted by molar-refractivity contribution is 7.91. The van der Waals surface area contributed by atoms with Gasteiger partial charge in [0.1, 0.15) is 9.90 Å². The molecule has 17 heavy (non-hydrogen) atoms. The van der Waals surface area contributed by atoms with E-state index in [0.29, 0.717) is 16.8 Å². The molecule has 96 valence electrons. The third kappa shape index (κ3) is 2.26. The second-order valence-corrected chi connectivity index (χ2v) is 7.54. The van der Waals surface area contributed by atoms with Gasteiger partial charge in [0.15, 0.2) is 15.7 Å². The molecular formula is C10H17N3O2S2. The van der Waals surface area contributed by atoms with Crippen LogP contribution >= 0.6 is 11.5 Å². The molecule has 1 saturated heterocycles. The molecule has 1 fully saturated rings. The Morgan fingerprint density at radius 3 is 2.35 bits per heavy atom. The molecular weight excluding hydrogens is 258 g/mol. The van der Waals surface area contributed by atoms with Crippen molar-refractivity contribution in [3.05, 3.63) is 0 Å². The minimum absolute atomic E-state index is 0.125.